The first-order valence-electron chi connectivity index (χ1n) is 8.34. The number of fused-ring (bicyclic) bond motifs is 1. The normalized spacial score (nSPS) is 27.2. The predicted molar refractivity (Wildman–Crippen MR) is 86.0 cm³/mol. The van der Waals surface area contributed by atoms with E-state index in [1.54, 1.807) is 13.3 Å². The lowest BCUT2D eigenvalue weighted by Gasteiger charge is -2.38. The number of likely N-dealkylation sites (N-methyl/N-ethyl adjacent to an activating group) is 1. The van der Waals surface area contributed by atoms with Crippen LogP contribution in [0.5, 0.6) is 5.88 Å². The molecule has 22 heavy (non-hydrogen) atoms. The summed E-state index contributed by atoms with van der Waals surface area (Å²) in [6.45, 7) is 9.51. The van der Waals surface area contributed by atoms with E-state index in [2.05, 4.69) is 27.8 Å². The summed E-state index contributed by atoms with van der Waals surface area (Å²) in [6.07, 6.45) is 3.36. The van der Waals surface area contributed by atoms with Crippen LogP contribution in [0.2, 0.25) is 0 Å². The first kappa shape index (κ1) is 15.7. The van der Waals surface area contributed by atoms with E-state index in [0.717, 1.165) is 50.8 Å². The summed E-state index contributed by atoms with van der Waals surface area (Å²) in [5, 5.41) is 0. The van der Waals surface area contributed by atoms with Crippen molar-refractivity contribution in [2.24, 2.45) is 5.92 Å². The number of nitrogens with zero attached hydrogens (tertiary/aromatic N) is 3. The highest BCUT2D eigenvalue weighted by Gasteiger charge is 2.33. The van der Waals surface area contributed by atoms with Crippen LogP contribution in [0.1, 0.15) is 18.9 Å². The molecule has 122 valence electrons. The Balaban J connectivity index is 1.62. The highest BCUT2D eigenvalue weighted by molar-refractivity contribution is 5.25. The molecule has 0 N–H and O–H groups in total. The van der Waals surface area contributed by atoms with Crippen LogP contribution in [-0.4, -0.2) is 67.3 Å². The summed E-state index contributed by atoms with van der Waals surface area (Å²) in [5.74, 6) is 1.41. The van der Waals surface area contributed by atoms with Gasteiger partial charge >= 0.3 is 0 Å². The zero-order valence-corrected chi connectivity index (χ0v) is 13.7. The Morgan fingerprint density at radius 1 is 1.32 bits per heavy atom. The first-order chi connectivity index (χ1) is 10.8. The number of aromatic nitrogens is 1. The third-order valence-corrected chi connectivity index (χ3v) is 4.90. The Morgan fingerprint density at radius 3 is 3.05 bits per heavy atom. The van der Waals surface area contributed by atoms with Gasteiger partial charge < -0.3 is 14.4 Å². The third-order valence-electron chi connectivity index (χ3n) is 4.90. The molecule has 3 rings (SSSR count). The molecule has 0 radical (unpaired) electrons. The number of hydrogen-bond donors (Lipinski definition) is 0. The van der Waals surface area contributed by atoms with Gasteiger partial charge in [0.05, 0.1) is 19.8 Å². The molecule has 0 amide bonds. The van der Waals surface area contributed by atoms with E-state index in [-0.39, 0.29) is 0 Å². The van der Waals surface area contributed by atoms with E-state index < -0.39 is 0 Å². The molecule has 2 saturated heterocycles. The number of hydrogen-bond acceptors (Lipinski definition) is 5. The minimum absolute atomic E-state index is 0.368. The molecule has 2 aliphatic heterocycles. The molecule has 2 atom stereocenters. The molecule has 5 nitrogen and oxygen atoms in total. The van der Waals surface area contributed by atoms with Crippen molar-refractivity contribution in [2.75, 3.05) is 46.4 Å². The van der Waals surface area contributed by atoms with Crippen LogP contribution in [0.3, 0.4) is 0 Å². The molecule has 1 aromatic rings. The van der Waals surface area contributed by atoms with Crippen LogP contribution in [0.25, 0.3) is 0 Å². The molecule has 5 heteroatoms. The van der Waals surface area contributed by atoms with Gasteiger partial charge in [0, 0.05) is 43.9 Å². The van der Waals surface area contributed by atoms with E-state index in [0.29, 0.717) is 12.0 Å². The summed E-state index contributed by atoms with van der Waals surface area (Å²) in [6, 6.07) is 4.08. The Bertz CT molecular complexity index is 483. The third kappa shape index (κ3) is 3.59. The van der Waals surface area contributed by atoms with Crippen LogP contribution < -0.4 is 4.74 Å². The molecule has 0 saturated carbocycles. The number of piperidine rings is 1. The Morgan fingerprint density at radius 2 is 2.23 bits per heavy atom. The second kappa shape index (κ2) is 7.40. The number of ether oxygens (including phenoxy) is 2. The van der Waals surface area contributed by atoms with Gasteiger partial charge in [0.2, 0.25) is 5.88 Å². The molecule has 1 aromatic heterocycles. The fourth-order valence-corrected chi connectivity index (χ4v) is 3.58. The van der Waals surface area contributed by atoms with Crippen LogP contribution >= 0.6 is 0 Å². The topological polar surface area (TPSA) is 37.8 Å². The molecular weight excluding hydrogens is 278 g/mol. The minimum Gasteiger partial charge on any atom is -0.481 e. The zero-order valence-electron chi connectivity index (χ0n) is 13.7. The standard InChI is InChI=1S/C17H27N3O2/c1-3-19-9-10-22-16-13-20(8-6-14(16)11-19)12-15-5-4-7-18-17(15)21-2/h4-5,7,14,16H,3,6,8-13H2,1-2H3/t14-,16-/m0/s1. The zero-order chi connectivity index (χ0) is 15.4. The number of rotatable bonds is 4. The lowest BCUT2D eigenvalue weighted by atomic mass is 9.93. The van der Waals surface area contributed by atoms with Crippen molar-refractivity contribution >= 4 is 0 Å². The molecule has 2 fully saturated rings. The molecule has 0 spiro atoms. The average molecular weight is 305 g/mol. The van der Waals surface area contributed by atoms with Gasteiger partial charge in [-0.25, -0.2) is 4.98 Å². The van der Waals surface area contributed by atoms with E-state index in [4.69, 9.17) is 9.47 Å². The van der Waals surface area contributed by atoms with Crippen molar-refractivity contribution in [3.63, 3.8) is 0 Å². The SMILES string of the molecule is CCN1CCO[C@H]2CN(Cc3cccnc3OC)CC[C@H]2C1. The maximum atomic E-state index is 6.13. The van der Waals surface area contributed by atoms with Gasteiger partial charge in [-0.2, -0.15) is 0 Å². The van der Waals surface area contributed by atoms with Crippen molar-refractivity contribution < 1.29 is 9.47 Å². The minimum atomic E-state index is 0.368. The van der Waals surface area contributed by atoms with Crippen molar-refractivity contribution in [1.29, 1.82) is 0 Å². The number of likely N-dealkylation sites (tertiary alicyclic amines) is 1. The van der Waals surface area contributed by atoms with Crippen molar-refractivity contribution in [3.8, 4) is 5.88 Å². The second-order valence-electron chi connectivity index (χ2n) is 6.26. The monoisotopic (exact) mass is 305 g/mol. The summed E-state index contributed by atoms with van der Waals surface area (Å²) in [5.41, 5.74) is 1.16. The first-order valence-corrected chi connectivity index (χ1v) is 8.34. The largest absolute Gasteiger partial charge is 0.481 e. The maximum absolute atomic E-state index is 6.13. The average Bonchev–Trinajstić information content (AvgIpc) is 2.77. The van der Waals surface area contributed by atoms with Crippen LogP contribution in [0.15, 0.2) is 18.3 Å². The van der Waals surface area contributed by atoms with Crippen molar-refractivity contribution in [2.45, 2.75) is 26.0 Å². The molecule has 0 bridgehead atoms. The van der Waals surface area contributed by atoms with Gasteiger partial charge in [-0.3, -0.25) is 4.90 Å². The van der Waals surface area contributed by atoms with Gasteiger partial charge in [-0.05, 0) is 25.6 Å². The van der Waals surface area contributed by atoms with Gasteiger partial charge in [0.25, 0.3) is 0 Å². The van der Waals surface area contributed by atoms with Gasteiger partial charge in [-0.15, -0.1) is 0 Å². The summed E-state index contributed by atoms with van der Waals surface area (Å²) >= 11 is 0. The van der Waals surface area contributed by atoms with Crippen LogP contribution in [-0.2, 0) is 11.3 Å². The Hall–Kier alpha value is -1.17. The molecular formula is C17H27N3O2. The molecule has 0 aliphatic carbocycles. The van der Waals surface area contributed by atoms with E-state index in [9.17, 15) is 0 Å². The van der Waals surface area contributed by atoms with E-state index >= 15 is 0 Å². The lowest BCUT2D eigenvalue weighted by molar-refractivity contribution is -0.0243. The second-order valence-corrected chi connectivity index (χ2v) is 6.26. The highest BCUT2D eigenvalue weighted by Crippen LogP contribution is 2.26. The van der Waals surface area contributed by atoms with E-state index in [1.807, 2.05) is 6.07 Å². The van der Waals surface area contributed by atoms with Crippen LogP contribution in [0.4, 0.5) is 0 Å². The van der Waals surface area contributed by atoms with E-state index in [1.165, 1.54) is 13.0 Å². The molecule has 0 aromatic carbocycles. The van der Waals surface area contributed by atoms with Gasteiger partial charge in [0.15, 0.2) is 0 Å². The fraction of sp³-hybridized carbons (Fsp3) is 0.706. The molecule has 0 unspecified atom stereocenters. The smallest absolute Gasteiger partial charge is 0.217 e. The maximum Gasteiger partial charge on any atom is 0.217 e. The molecule has 2 aliphatic rings. The summed E-state index contributed by atoms with van der Waals surface area (Å²) in [4.78, 5) is 9.29. The van der Waals surface area contributed by atoms with Crippen molar-refractivity contribution in [3.05, 3.63) is 23.9 Å². The fourth-order valence-electron chi connectivity index (χ4n) is 3.58. The lowest BCUT2D eigenvalue weighted by Crippen LogP contribution is -2.46. The highest BCUT2D eigenvalue weighted by atomic mass is 16.5. The Labute approximate surface area is 133 Å². The van der Waals surface area contributed by atoms with Gasteiger partial charge in [0.1, 0.15) is 0 Å². The number of pyridine rings is 1. The summed E-state index contributed by atoms with van der Waals surface area (Å²) in [7, 11) is 1.69. The van der Waals surface area contributed by atoms with Crippen molar-refractivity contribution in [1.82, 2.24) is 14.8 Å². The Kier molecular flexibility index (Phi) is 5.28. The predicted octanol–water partition coefficient (Wildman–Crippen LogP) is 1.63. The number of methoxy groups -OCH3 is 1. The van der Waals surface area contributed by atoms with Crippen LogP contribution in [0, 0.1) is 5.92 Å². The summed E-state index contributed by atoms with van der Waals surface area (Å²) < 4.78 is 11.5. The quantitative estimate of drug-likeness (QED) is 0.845. The van der Waals surface area contributed by atoms with Gasteiger partial charge in [-0.1, -0.05) is 13.0 Å². The molecule has 3 heterocycles.